The van der Waals surface area contributed by atoms with Crippen LogP contribution in [0.4, 0.5) is 0 Å². The number of rotatable bonds is 3. The third-order valence-electron chi connectivity index (χ3n) is 2.71. The molecule has 1 aromatic rings. The molecule has 2 rings (SSSR count). The topological polar surface area (TPSA) is 64.3 Å². The molecule has 1 aromatic heterocycles. The number of ether oxygens (including phenoxy) is 1. The van der Waals surface area contributed by atoms with Crippen molar-refractivity contribution in [2.24, 2.45) is 5.92 Å². The lowest BCUT2D eigenvalue weighted by Gasteiger charge is -2.22. The van der Waals surface area contributed by atoms with Gasteiger partial charge < -0.3 is 9.84 Å². The van der Waals surface area contributed by atoms with Crippen molar-refractivity contribution in [1.82, 2.24) is 9.78 Å². The Morgan fingerprint density at radius 2 is 2.33 bits per heavy atom. The lowest BCUT2D eigenvalue weighted by molar-refractivity contribution is 0.0580. The molecule has 5 heteroatoms. The van der Waals surface area contributed by atoms with Gasteiger partial charge in [0.2, 0.25) is 0 Å². The van der Waals surface area contributed by atoms with Gasteiger partial charge in [0.05, 0.1) is 0 Å². The SMILES string of the molecule is O=C(O)c1ccnn1CC1CCOCC1. The fraction of sp³-hybridized carbons (Fsp3) is 0.600. The van der Waals surface area contributed by atoms with Gasteiger partial charge in [-0.25, -0.2) is 4.79 Å². The number of carboxylic acid groups (broad SMARTS) is 1. The van der Waals surface area contributed by atoms with Crippen LogP contribution >= 0.6 is 0 Å². The van der Waals surface area contributed by atoms with Gasteiger partial charge in [-0.1, -0.05) is 0 Å². The molecule has 0 spiro atoms. The molecule has 5 nitrogen and oxygen atoms in total. The fourth-order valence-corrected chi connectivity index (χ4v) is 1.83. The molecule has 0 saturated carbocycles. The summed E-state index contributed by atoms with van der Waals surface area (Å²) in [6.07, 6.45) is 3.50. The zero-order chi connectivity index (χ0) is 10.7. The van der Waals surface area contributed by atoms with Crippen LogP contribution in [0.3, 0.4) is 0 Å². The molecule has 1 aliphatic rings. The zero-order valence-corrected chi connectivity index (χ0v) is 8.43. The zero-order valence-electron chi connectivity index (χ0n) is 8.43. The van der Waals surface area contributed by atoms with Gasteiger partial charge in [-0.05, 0) is 24.8 Å². The molecule has 0 radical (unpaired) electrons. The smallest absolute Gasteiger partial charge is 0.354 e. The van der Waals surface area contributed by atoms with Crippen LogP contribution in [0.2, 0.25) is 0 Å². The lowest BCUT2D eigenvalue weighted by Crippen LogP contribution is -2.22. The van der Waals surface area contributed by atoms with Gasteiger partial charge in [-0.2, -0.15) is 5.10 Å². The Hall–Kier alpha value is -1.36. The van der Waals surface area contributed by atoms with E-state index < -0.39 is 5.97 Å². The maximum atomic E-state index is 10.8. The van der Waals surface area contributed by atoms with Crippen molar-refractivity contribution in [3.63, 3.8) is 0 Å². The minimum atomic E-state index is -0.917. The quantitative estimate of drug-likeness (QED) is 0.808. The van der Waals surface area contributed by atoms with Crippen molar-refractivity contribution in [1.29, 1.82) is 0 Å². The summed E-state index contributed by atoms with van der Waals surface area (Å²) < 4.78 is 6.82. The van der Waals surface area contributed by atoms with Crippen molar-refractivity contribution < 1.29 is 14.6 Å². The minimum absolute atomic E-state index is 0.265. The number of carboxylic acids is 1. The highest BCUT2D eigenvalue weighted by Crippen LogP contribution is 2.17. The average Bonchev–Trinajstić information content (AvgIpc) is 2.67. The van der Waals surface area contributed by atoms with E-state index in [0.29, 0.717) is 12.5 Å². The van der Waals surface area contributed by atoms with Gasteiger partial charge >= 0.3 is 5.97 Å². The second-order valence-electron chi connectivity index (χ2n) is 3.76. The summed E-state index contributed by atoms with van der Waals surface area (Å²) in [6.45, 7) is 2.22. The first-order valence-corrected chi connectivity index (χ1v) is 5.10. The van der Waals surface area contributed by atoms with Crippen LogP contribution in [-0.2, 0) is 11.3 Å². The van der Waals surface area contributed by atoms with E-state index in [4.69, 9.17) is 9.84 Å². The minimum Gasteiger partial charge on any atom is -0.477 e. The van der Waals surface area contributed by atoms with Gasteiger partial charge in [0, 0.05) is 26.0 Å². The first kappa shape index (κ1) is 10.2. The van der Waals surface area contributed by atoms with E-state index in [-0.39, 0.29) is 5.69 Å². The van der Waals surface area contributed by atoms with Crippen LogP contribution in [0.1, 0.15) is 23.3 Å². The highest BCUT2D eigenvalue weighted by atomic mass is 16.5. The molecule has 1 saturated heterocycles. The number of carbonyl (C=O) groups is 1. The monoisotopic (exact) mass is 210 g/mol. The van der Waals surface area contributed by atoms with Crippen molar-refractivity contribution in [3.8, 4) is 0 Å². The van der Waals surface area contributed by atoms with Gasteiger partial charge in [0.25, 0.3) is 0 Å². The molecule has 0 aliphatic carbocycles. The predicted molar refractivity (Wildman–Crippen MR) is 52.7 cm³/mol. The maximum absolute atomic E-state index is 10.8. The van der Waals surface area contributed by atoms with Crippen LogP contribution in [0.25, 0.3) is 0 Å². The van der Waals surface area contributed by atoms with Crippen LogP contribution in [0.15, 0.2) is 12.3 Å². The van der Waals surface area contributed by atoms with Crippen LogP contribution in [-0.4, -0.2) is 34.1 Å². The number of nitrogens with zero attached hydrogens (tertiary/aromatic N) is 2. The normalized spacial score (nSPS) is 17.9. The third-order valence-corrected chi connectivity index (χ3v) is 2.71. The summed E-state index contributed by atoms with van der Waals surface area (Å²) in [7, 11) is 0. The van der Waals surface area contributed by atoms with E-state index in [2.05, 4.69) is 5.10 Å². The third kappa shape index (κ3) is 2.36. The molecular weight excluding hydrogens is 196 g/mol. The average molecular weight is 210 g/mol. The van der Waals surface area contributed by atoms with Gasteiger partial charge in [0.1, 0.15) is 5.69 Å². The Labute approximate surface area is 87.7 Å². The summed E-state index contributed by atoms with van der Waals surface area (Å²) in [4.78, 5) is 10.8. The molecule has 0 atom stereocenters. The maximum Gasteiger partial charge on any atom is 0.354 e. The van der Waals surface area contributed by atoms with Gasteiger partial charge in [0.15, 0.2) is 0 Å². The van der Waals surface area contributed by atoms with Gasteiger partial charge in [-0.3, -0.25) is 4.68 Å². The first-order valence-electron chi connectivity index (χ1n) is 5.10. The molecule has 0 amide bonds. The number of aromatic nitrogens is 2. The van der Waals surface area contributed by atoms with E-state index >= 15 is 0 Å². The molecule has 15 heavy (non-hydrogen) atoms. The molecule has 0 unspecified atom stereocenters. The molecule has 1 fully saturated rings. The summed E-state index contributed by atoms with van der Waals surface area (Å²) in [5.74, 6) is -0.434. The molecule has 2 heterocycles. The van der Waals surface area contributed by atoms with E-state index in [1.165, 1.54) is 12.3 Å². The number of hydrogen-bond acceptors (Lipinski definition) is 3. The Kier molecular flexibility index (Phi) is 3.01. The van der Waals surface area contributed by atoms with Crippen molar-refractivity contribution in [2.75, 3.05) is 13.2 Å². The highest BCUT2D eigenvalue weighted by molar-refractivity contribution is 5.85. The molecule has 0 bridgehead atoms. The fourth-order valence-electron chi connectivity index (χ4n) is 1.83. The first-order chi connectivity index (χ1) is 7.27. The molecule has 82 valence electrons. The van der Waals surface area contributed by atoms with Crippen LogP contribution < -0.4 is 0 Å². The molecule has 0 aromatic carbocycles. The predicted octanol–water partition coefficient (Wildman–Crippen LogP) is 1.01. The summed E-state index contributed by atoms with van der Waals surface area (Å²) in [5.41, 5.74) is 0.265. The van der Waals surface area contributed by atoms with E-state index in [9.17, 15) is 4.79 Å². The summed E-state index contributed by atoms with van der Waals surface area (Å²) in [5, 5.41) is 12.9. The standard InChI is InChI=1S/C10H14N2O3/c13-10(14)9-1-4-11-12(9)7-8-2-5-15-6-3-8/h1,4,8H,2-3,5-7H2,(H,13,14). The van der Waals surface area contributed by atoms with Crippen molar-refractivity contribution >= 4 is 5.97 Å². The Morgan fingerprint density at radius 3 is 3.00 bits per heavy atom. The van der Waals surface area contributed by atoms with E-state index in [1.807, 2.05) is 0 Å². The highest BCUT2D eigenvalue weighted by Gasteiger charge is 2.17. The molecule has 1 N–H and O–H groups in total. The van der Waals surface area contributed by atoms with Crippen LogP contribution in [0, 0.1) is 5.92 Å². The lowest BCUT2D eigenvalue weighted by atomic mass is 10.0. The summed E-state index contributed by atoms with van der Waals surface area (Å²) >= 11 is 0. The Morgan fingerprint density at radius 1 is 1.60 bits per heavy atom. The van der Waals surface area contributed by atoms with Crippen LogP contribution in [0.5, 0.6) is 0 Å². The van der Waals surface area contributed by atoms with E-state index in [1.54, 1.807) is 4.68 Å². The van der Waals surface area contributed by atoms with Gasteiger partial charge in [-0.15, -0.1) is 0 Å². The van der Waals surface area contributed by atoms with E-state index in [0.717, 1.165) is 26.1 Å². The van der Waals surface area contributed by atoms with Crippen molar-refractivity contribution in [3.05, 3.63) is 18.0 Å². The molecule has 1 aliphatic heterocycles. The Bertz CT molecular complexity index is 342. The second kappa shape index (κ2) is 4.44. The number of aromatic carboxylic acids is 1. The number of hydrogen-bond donors (Lipinski definition) is 1. The second-order valence-corrected chi connectivity index (χ2v) is 3.76. The summed E-state index contributed by atoms with van der Waals surface area (Å²) in [6, 6.07) is 1.53. The molecular formula is C10H14N2O3. The van der Waals surface area contributed by atoms with Crippen molar-refractivity contribution in [2.45, 2.75) is 19.4 Å². The Balaban J connectivity index is 2.03. The largest absolute Gasteiger partial charge is 0.477 e.